The molecule has 11 nitrogen and oxygen atoms in total. The van der Waals surface area contributed by atoms with Gasteiger partial charge in [-0.15, -0.1) is 0 Å². The molecule has 3 aromatic rings. The van der Waals surface area contributed by atoms with Gasteiger partial charge in [0.1, 0.15) is 0 Å². The average molecular weight is 738 g/mol. The predicted molar refractivity (Wildman–Crippen MR) is 168 cm³/mol. The fraction of sp³-hybridized carbons (Fsp3) is 0.250. The van der Waals surface area contributed by atoms with Gasteiger partial charge in [-0.25, -0.2) is 0 Å². The summed E-state index contributed by atoms with van der Waals surface area (Å²) >= 11 is -10.3. The van der Waals surface area contributed by atoms with E-state index in [4.69, 9.17) is 9.73 Å². The number of aromatic carboxylic acids is 1. The van der Waals surface area contributed by atoms with E-state index >= 15 is 0 Å². The van der Waals surface area contributed by atoms with Crippen molar-refractivity contribution in [2.75, 3.05) is 5.32 Å². The number of rotatable bonds is 6. The molecule has 234 valence electrons. The third kappa shape index (κ3) is 6.29. The van der Waals surface area contributed by atoms with Crippen LogP contribution in [0.25, 0.3) is 16.7 Å². The Morgan fingerprint density at radius 2 is 1.47 bits per heavy atom. The van der Waals surface area contributed by atoms with Crippen molar-refractivity contribution in [3.8, 4) is 11.5 Å². The summed E-state index contributed by atoms with van der Waals surface area (Å²) in [5, 5.41) is 13.7. The maximum absolute atomic E-state index is 12.5. The predicted octanol–water partition coefficient (Wildman–Crippen LogP) is 2.83. The number of anilines is 1. The molecule has 0 fully saturated rings. The second-order valence-corrected chi connectivity index (χ2v) is 19.6. The summed E-state index contributed by atoms with van der Waals surface area (Å²) in [4.78, 5) is 17.3. The number of carboxylic acid groups (broad SMARTS) is 1. The second kappa shape index (κ2) is 10.5. The number of carboxylic acids is 1. The van der Waals surface area contributed by atoms with Gasteiger partial charge < -0.3 is 0 Å². The van der Waals surface area contributed by atoms with Gasteiger partial charge >= 0.3 is 265 Å². The monoisotopic (exact) mass is 738 g/mol. The van der Waals surface area contributed by atoms with E-state index in [0.717, 1.165) is 0 Å². The molecule has 0 aromatic heterocycles. The molecule has 3 heterocycles. The van der Waals surface area contributed by atoms with Gasteiger partial charge in [0.25, 0.3) is 0 Å². The van der Waals surface area contributed by atoms with E-state index < -0.39 is 55.8 Å². The molecule has 0 amide bonds. The summed E-state index contributed by atoms with van der Waals surface area (Å²) < 4.78 is 70.7. The zero-order chi connectivity index (χ0) is 32.7. The van der Waals surface area contributed by atoms with Crippen LogP contribution >= 0.6 is 0 Å². The van der Waals surface area contributed by atoms with Crippen LogP contribution in [0.15, 0.2) is 65.7 Å². The number of carbonyl (C=O) groups is 1. The van der Waals surface area contributed by atoms with Crippen LogP contribution in [0.5, 0.6) is 11.5 Å². The van der Waals surface area contributed by atoms with Gasteiger partial charge in [-0.3, -0.25) is 0 Å². The van der Waals surface area contributed by atoms with Gasteiger partial charge in [-0.2, -0.15) is 0 Å². The number of hydrogen-bond acceptors (Lipinski definition) is 6. The minimum atomic E-state index is -5.15. The summed E-state index contributed by atoms with van der Waals surface area (Å²) in [6.07, 6.45) is 3.51. The molecule has 3 aromatic carbocycles. The molecular weight excluding hydrogens is 706 g/mol. The van der Waals surface area contributed by atoms with Gasteiger partial charge in [0, 0.05) is 0 Å². The fourth-order valence-electron chi connectivity index (χ4n) is 6.32. The van der Waals surface area contributed by atoms with Crippen molar-refractivity contribution in [1.82, 2.24) is 0 Å². The van der Waals surface area contributed by atoms with Crippen LogP contribution in [0.4, 0.5) is 5.69 Å². The summed E-state index contributed by atoms with van der Waals surface area (Å²) in [5.41, 5.74) is 2.58. The Bertz CT molecular complexity index is 2100. The van der Waals surface area contributed by atoms with Crippen molar-refractivity contribution in [3.05, 3.63) is 99.1 Å². The first-order valence-corrected chi connectivity index (χ1v) is 21.6. The summed E-state index contributed by atoms with van der Waals surface area (Å²) in [6, 6.07) is 13.4. The van der Waals surface area contributed by atoms with Crippen LogP contribution in [0.1, 0.15) is 60.3 Å². The average Bonchev–Trinajstić information content (AvgIpc) is 2.87. The van der Waals surface area contributed by atoms with Crippen LogP contribution in [0.2, 0.25) is 10.4 Å². The molecule has 0 spiro atoms. The third-order valence-electron chi connectivity index (χ3n) is 7.78. The molecule has 6 rings (SSSR count). The van der Waals surface area contributed by atoms with Crippen molar-refractivity contribution in [1.29, 1.82) is 0 Å². The molecular formula is C32H32As2N2O9. The van der Waals surface area contributed by atoms with Gasteiger partial charge in [-0.1, -0.05) is 0 Å². The Kier molecular flexibility index (Phi) is 7.32. The fourth-order valence-corrected chi connectivity index (χ4v) is 9.28. The molecule has 45 heavy (non-hydrogen) atoms. The molecule has 0 saturated carbocycles. The van der Waals surface area contributed by atoms with Gasteiger partial charge in [0.15, 0.2) is 0 Å². The van der Waals surface area contributed by atoms with E-state index in [1.807, 2.05) is 27.7 Å². The summed E-state index contributed by atoms with van der Waals surface area (Å²) in [6.45, 7) is 7.45. The molecule has 3 aliphatic heterocycles. The Balaban J connectivity index is 1.71. The normalized spacial score (nSPS) is 17.6. The van der Waals surface area contributed by atoms with Crippen molar-refractivity contribution in [2.24, 2.45) is 4.99 Å². The number of hydrogen-bond donors (Lipinski definition) is 6. The van der Waals surface area contributed by atoms with E-state index in [1.165, 1.54) is 6.07 Å². The quantitative estimate of drug-likeness (QED) is 0.161. The Labute approximate surface area is 264 Å². The molecule has 13 heteroatoms. The van der Waals surface area contributed by atoms with Crippen LogP contribution in [0.3, 0.4) is 0 Å². The van der Waals surface area contributed by atoms with Crippen molar-refractivity contribution in [2.45, 2.75) is 49.2 Å². The Morgan fingerprint density at radius 3 is 2.11 bits per heavy atom. The van der Waals surface area contributed by atoms with Crippen molar-refractivity contribution in [3.63, 3.8) is 0 Å². The van der Waals surface area contributed by atoms with E-state index in [2.05, 4.69) is 5.32 Å². The second-order valence-electron chi connectivity index (χ2n) is 12.7. The van der Waals surface area contributed by atoms with E-state index in [-0.39, 0.29) is 5.56 Å². The summed E-state index contributed by atoms with van der Waals surface area (Å²) in [7, 11) is 0. The molecule has 0 atom stereocenters. The zero-order valence-electron chi connectivity index (χ0n) is 24.9. The first-order valence-electron chi connectivity index (χ1n) is 14.1. The molecule has 0 radical (unpaired) electrons. The van der Waals surface area contributed by atoms with E-state index in [9.17, 15) is 33.8 Å². The number of nitrogens with one attached hydrogen (secondary N) is 1. The molecule has 0 aliphatic carbocycles. The first kappa shape index (κ1) is 31.4. The van der Waals surface area contributed by atoms with Crippen LogP contribution < -0.4 is 20.6 Å². The molecule has 0 saturated heterocycles. The topological polar surface area (TPSA) is 186 Å². The number of ether oxygens (including phenoxy) is 1. The molecule has 3 aliphatic rings. The summed E-state index contributed by atoms with van der Waals surface area (Å²) in [5.74, 6) is -0.381. The van der Waals surface area contributed by atoms with Crippen LogP contribution in [0, 0.1) is 0 Å². The van der Waals surface area contributed by atoms with E-state index in [0.29, 0.717) is 66.7 Å². The number of fused-ring (bicyclic) bond motifs is 4. The minimum absolute atomic E-state index is 0.0234. The Hall–Kier alpha value is -3.56. The third-order valence-corrected chi connectivity index (χ3v) is 10.9. The SMILES string of the molecule is CC1(C)C=C(C[As](=O)(O)O)c2cc3c(cc2=N1)Oc1cc2c(cc1C=3c1ccccc1C(=O)O)C(C[As](=O)(O)O)=CC(C)(C)N2. The number of benzene rings is 3. The standard InChI is InChI=1S/C32H32As2N2O9/c1-31(2)13-17(15-33(39,40)41)21-9-23-27(11-25(21)35-31)45-28-12-26-22(18(16-34(42,43)44)14-32(3,4)36-26)10-24(28)29(23)19-7-5-6-8-20(19)30(37)38/h5-14,35H,15-16H2,1-4H3,(H,37,38)(H2,39,40,41)(H2,42,43,44). The Morgan fingerprint density at radius 1 is 0.822 bits per heavy atom. The zero-order valence-corrected chi connectivity index (χ0v) is 28.7. The molecule has 0 unspecified atom stereocenters. The van der Waals surface area contributed by atoms with Gasteiger partial charge in [0.2, 0.25) is 0 Å². The van der Waals surface area contributed by atoms with Gasteiger partial charge in [-0.05, 0) is 0 Å². The molecule has 6 N–H and O–H groups in total. The van der Waals surface area contributed by atoms with Crippen LogP contribution in [-0.2, 0) is 7.48 Å². The van der Waals surface area contributed by atoms with Crippen LogP contribution in [-0.4, -0.2) is 66.9 Å². The maximum atomic E-state index is 12.5. The van der Waals surface area contributed by atoms with E-state index in [1.54, 1.807) is 54.6 Å². The number of allylic oxidation sites excluding steroid dienone is 2. The first-order chi connectivity index (χ1) is 20.8. The van der Waals surface area contributed by atoms with Crippen molar-refractivity contribution < 1.29 is 38.5 Å². The van der Waals surface area contributed by atoms with Crippen molar-refractivity contribution >= 4 is 56.7 Å². The molecule has 0 bridgehead atoms. The number of nitrogens with zero attached hydrogens (tertiary/aromatic N) is 1. The van der Waals surface area contributed by atoms with Gasteiger partial charge in [0.05, 0.1) is 0 Å².